The summed E-state index contributed by atoms with van der Waals surface area (Å²) in [5.74, 6) is -1.39. The molecule has 2 amide bonds. The highest BCUT2D eigenvalue weighted by Gasteiger charge is 2.66. The Kier molecular flexibility index (Phi) is 9.82. The molecule has 4 aromatic rings. The van der Waals surface area contributed by atoms with E-state index < -0.39 is 32.0 Å². The van der Waals surface area contributed by atoms with E-state index in [4.69, 9.17) is 16.3 Å². The van der Waals surface area contributed by atoms with E-state index >= 15 is 0 Å². The largest absolute Gasteiger partial charge is 0.432 e. The van der Waals surface area contributed by atoms with Crippen LogP contribution in [0.1, 0.15) is 48.6 Å². The molecule has 1 fully saturated rings. The van der Waals surface area contributed by atoms with Crippen molar-refractivity contribution in [2.24, 2.45) is 5.92 Å². The monoisotopic (exact) mass is 703 g/mol. The molecule has 258 valence electrons. The van der Waals surface area contributed by atoms with E-state index in [1.165, 1.54) is 6.92 Å². The summed E-state index contributed by atoms with van der Waals surface area (Å²) in [4.78, 5) is 40.0. The third kappa shape index (κ3) is 6.68. The minimum atomic E-state index is -2.89. The van der Waals surface area contributed by atoms with Crippen molar-refractivity contribution >= 4 is 43.1 Å². The van der Waals surface area contributed by atoms with Gasteiger partial charge in [-0.25, -0.2) is 0 Å². The Hall–Kier alpha value is -3.91. The number of rotatable bonds is 11. The Balaban J connectivity index is 1.26. The molecule has 2 aliphatic heterocycles. The summed E-state index contributed by atoms with van der Waals surface area (Å²) in [5, 5.41) is 31.5. The fraction of sp³-hybridized carbons (Fsp3) is 0.389. The van der Waals surface area contributed by atoms with Crippen molar-refractivity contribution < 1.29 is 29.3 Å². The van der Waals surface area contributed by atoms with Gasteiger partial charge in [-0.2, -0.15) is 0 Å². The second kappa shape index (κ2) is 13.8. The standard InChI is InChI=1S/C36H42ClN5O6Si/c1-22-33(49(3,4)47)32(16-17-41-20-30(39-40-41)28(21-43)25-8-6-5-7-9-25)48-36(22)29-18-26(37)12-15-31(29)42(35(36)46)19-24-10-13-27(14-11-24)38-34(45)23(2)44/h5-15,18,20,22-23,28,32-33,43-44,47H,16-17,19,21H2,1-4H3,(H,38,45)/t22-,23+,28?,32+,33-,36+/m1/s1. The number of nitrogens with one attached hydrogen (secondary N) is 1. The molecule has 1 saturated heterocycles. The average Bonchev–Trinajstić information content (AvgIpc) is 3.72. The zero-order valence-corrected chi connectivity index (χ0v) is 29.7. The molecule has 6 atom stereocenters. The Morgan fingerprint density at radius 1 is 1.12 bits per heavy atom. The number of benzene rings is 3. The van der Waals surface area contributed by atoms with Gasteiger partial charge >= 0.3 is 0 Å². The zero-order chi connectivity index (χ0) is 35.1. The minimum absolute atomic E-state index is 0.106. The topological polar surface area (TPSA) is 150 Å². The van der Waals surface area contributed by atoms with Crippen molar-refractivity contribution in [1.82, 2.24) is 15.0 Å². The van der Waals surface area contributed by atoms with Gasteiger partial charge in [-0.3, -0.25) is 14.3 Å². The number of hydrogen-bond donors (Lipinski definition) is 4. The molecule has 0 saturated carbocycles. The van der Waals surface area contributed by atoms with Gasteiger partial charge in [-0.15, -0.1) is 5.10 Å². The van der Waals surface area contributed by atoms with E-state index in [9.17, 15) is 24.6 Å². The van der Waals surface area contributed by atoms with Crippen molar-refractivity contribution in [1.29, 1.82) is 0 Å². The average molecular weight is 704 g/mol. The lowest BCUT2D eigenvalue weighted by Gasteiger charge is -2.32. The molecular formula is C36H42ClN5O6Si. The second-order valence-electron chi connectivity index (χ2n) is 13.6. The molecule has 1 aromatic heterocycles. The van der Waals surface area contributed by atoms with Crippen molar-refractivity contribution in [3.63, 3.8) is 0 Å². The first kappa shape index (κ1) is 34.9. The summed E-state index contributed by atoms with van der Waals surface area (Å²) in [6.07, 6.45) is 0.720. The molecule has 0 radical (unpaired) electrons. The lowest BCUT2D eigenvalue weighted by molar-refractivity contribution is -0.146. The molecule has 6 rings (SSSR count). The van der Waals surface area contributed by atoms with Gasteiger partial charge in [0.2, 0.25) is 0 Å². The Morgan fingerprint density at radius 2 is 1.84 bits per heavy atom. The predicted octanol–water partition coefficient (Wildman–Crippen LogP) is 4.81. The zero-order valence-electron chi connectivity index (χ0n) is 28.0. The fourth-order valence-corrected chi connectivity index (χ4v) is 10.3. The predicted molar refractivity (Wildman–Crippen MR) is 189 cm³/mol. The van der Waals surface area contributed by atoms with Crippen molar-refractivity contribution in [3.05, 3.63) is 106 Å². The van der Waals surface area contributed by atoms with Gasteiger partial charge in [0, 0.05) is 40.5 Å². The van der Waals surface area contributed by atoms with Crippen LogP contribution in [0.15, 0.2) is 79.0 Å². The van der Waals surface area contributed by atoms with E-state index in [1.54, 1.807) is 33.8 Å². The SMILES string of the molecule is C[C@H](O)C(=O)Nc1ccc(CN2C(=O)[C@@]3(O[C@@H](CCn4cc(C(CO)c5ccccc5)nn4)[C@H]([Si](C)(C)O)[C@H]3C)c3cc(Cl)ccc32)cc1. The molecule has 3 aromatic carbocycles. The summed E-state index contributed by atoms with van der Waals surface area (Å²) in [6.45, 7) is 7.74. The number of fused-ring (bicyclic) bond motifs is 2. The number of amides is 2. The van der Waals surface area contributed by atoms with Crippen LogP contribution in [0.25, 0.3) is 0 Å². The van der Waals surface area contributed by atoms with Gasteiger partial charge in [-0.1, -0.05) is 66.2 Å². The molecule has 11 nitrogen and oxygen atoms in total. The van der Waals surface area contributed by atoms with Gasteiger partial charge in [-0.05, 0) is 67.9 Å². The van der Waals surface area contributed by atoms with Crippen molar-refractivity contribution in [2.75, 3.05) is 16.8 Å². The number of halogens is 1. The van der Waals surface area contributed by atoms with Gasteiger partial charge in [0.1, 0.15) is 6.10 Å². The Labute approximate surface area is 291 Å². The maximum Gasteiger partial charge on any atom is 0.264 e. The van der Waals surface area contributed by atoms with Crippen LogP contribution in [0, 0.1) is 5.92 Å². The highest BCUT2D eigenvalue weighted by molar-refractivity contribution is 6.71. The summed E-state index contributed by atoms with van der Waals surface area (Å²) in [5.41, 5.74) is 2.71. The number of aromatic nitrogens is 3. The normalized spacial score (nSPS) is 23.1. The van der Waals surface area contributed by atoms with Crippen LogP contribution in [0.2, 0.25) is 23.7 Å². The second-order valence-corrected chi connectivity index (χ2v) is 18.0. The van der Waals surface area contributed by atoms with Crippen LogP contribution in [0.4, 0.5) is 11.4 Å². The first-order valence-corrected chi connectivity index (χ1v) is 19.9. The van der Waals surface area contributed by atoms with Gasteiger partial charge in [0.25, 0.3) is 11.8 Å². The number of carbonyl (C=O) groups excluding carboxylic acids is 2. The molecule has 3 heterocycles. The van der Waals surface area contributed by atoms with Crippen LogP contribution in [-0.4, -0.2) is 68.9 Å². The summed E-state index contributed by atoms with van der Waals surface area (Å²) in [6, 6.07) is 22.2. The van der Waals surface area contributed by atoms with E-state index in [0.717, 1.165) is 11.1 Å². The number of hydrogen-bond acceptors (Lipinski definition) is 8. The van der Waals surface area contributed by atoms with Crippen LogP contribution < -0.4 is 10.2 Å². The number of ether oxygens (including phenoxy) is 1. The molecule has 4 N–H and O–H groups in total. The third-order valence-corrected chi connectivity index (χ3v) is 12.6. The lowest BCUT2D eigenvalue weighted by Crippen LogP contribution is -2.46. The quantitative estimate of drug-likeness (QED) is 0.163. The third-order valence-electron chi connectivity index (χ3n) is 9.83. The van der Waals surface area contributed by atoms with Crippen molar-refractivity contribution in [3.8, 4) is 0 Å². The molecule has 1 unspecified atom stereocenters. The first-order valence-electron chi connectivity index (χ1n) is 16.5. The molecule has 2 aliphatic rings. The van der Waals surface area contributed by atoms with E-state index in [-0.39, 0.29) is 36.4 Å². The number of nitrogens with zero attached hydrogens (tertiary/aromatic N) is 4. The van der Waals surface area contributed by atoms with Gasteiger partial charge in [0.15, 0.2) is 13.9 Å². The van der Waals surface area contributed by atoms with Crippen LogP contribution in [-0.2, 0) is 33.0 Å². The maximum atomic E-state index is 14.7. The molecule has 0 aliphatic carbocycles. The summed E-state index contributed by atoms with van der Waals surface area (Å²) >= 11 is 6.54. The Morgan fingerprint density at radius 3 is 2.49 bits per heavy atom. The smallest absolute Gasteiger partial charge is 0.264 e. The number of carbonyl (C=O) groups is 2. The highest BCUT2D eigenvalue weighted by Crippen LogP contribution is 2.60. The minimum Gasteiger partial charge on any atom is -0.432 e. The molecule has 13 heteroatoms. The van der Waals surface area contributed by atoms with Crippen molar-refractivity contribution in [2.45, 2.75) is 75.7 Å². The van der Waals surface area contributed by atoms with E-state index in [0.29, 0.717) is 40.6 Å². The number of aryl methyl sites for hydroxylation is 1. The molecule has 0 bridgehead atoms. The number of aliphatic hydroxyl groups excluding tert-OH is 2. The highest BCUT2D eigenvalue weighted by atomic mass is 35.5. The molecule has 49 heavy (non-hydrogen) atoms. The number of aliphatic hydroxyl groups is 2. The maximum absolute atomic E-state index is 14.7. The van der Waals surface area contributed by atoms with Crippen LogP contribution >= 0.6 is 11.6 Å². The van der Waals surface area contributed by atoms with E-state index in [2.05, 4.69) is 15.6 Å². The molecule has 1 spiro atoms. The van der Waals surface area contributed by atoms with Crippen LogP contribution in [0.5, 0.6) is 0 Å². The van der Waals surface area contributed by atoms with Gasteiger partial charge < -0.3 is 30.0 Å². The Bertz CT molecular complexity index is 1810. The summed E-state index contributed by atoms with van der Waals surface area (Å²) in [7, 11) is -2.89. The summed E-state index contributed by atoms with van der Waals surface area (Å²) < 4.78 is 8.65. The molecular weight excluding hydrogens is 662 g/mol. The van der Waals surface area contributed by atoms with E-state index in [1.807, 2.05) is 74.7 Å². The van der Waals surface area contributed by atoms with Gasteiger partial charge in [0.05, 0.1) is 36.6 Å². The first-order chi connectivity index (χ1) is 23.3. The fourth-order valence-electron chi connectivity index (χ4n) is 7.50. The lowest BCUT2D eigenvalue weighted by atomic mass is 9.82. The van der Waals surface area contributed by atoms with Crippen LogP contribution in [0.3, 0.4) is 0 Å². The number of anilines is 2.